The minimum absolute atomic E-state index is 0.0841. The highest BCUT2D eigenvalue weighted by Crippen LogP contribution is 2.28. The number of nitrogens with zero attached hydrogens (tertiary/aromatic N) is 1. The average Bonchev–Trinajstić information content (AvgIpc) is 2.38. The second-order valence-electron chi connectivity index (χ2n) is 4.68. The monoisotopic (exact) mass is 339 g/mol. The van der Waals surface area contributed by atoms with E-state index < -0.39 is 0 Å². The molecule has 1 aromatic rings. The van der Waals surface area contributed by atoms with E-state index in [-0.39, 0.29) is 18.1 Å². The Morgan fingerprint density at radius 2 is 2.15 bits per heavy atom. The van der Waals surface area contributed by atoms with E-state index in [9.17, 15) is 4.79 Å². The van der Waals surface area contributed by atoms with Crippen molar-refractivity contribution in [1.82, 2.24) is 5.32 Å². The van der Waals surface area contributed by atoms with Gasteiger partial charge in [0.25, 0.3) is 0 Å². The van der Waals surface area contributed by atoms with Gasteiger partial charge < -0.3 is 15.4 Å². The predicted octanol–water partition coefficient (Wildman–Crippen LogP) is 3.52. The summed E-state index contributed by atoms with van der Waals surface area (Å²) in [6.45, 7) is 5.96. The number of anilines is 1. The van der Waals surface area contributed by atoms with Crippen LogP contribution in [0.5, 0.6) is 5.75 Å². The van der Waals surface area contributed by atoms with Crippen molar-refractivity contribution in [3.63, 3.8) is 0 Å². The number of amides is 2. The molecule has 0 spiro atoms. The lowest BCUT2D eigenvalue weighted by Gasteiger charge is -2.13. The number of ether oxygens (including phenoxy) is 1. The van der Waals surface area contributed by atoms with Crippen molar-refractivity contribution in [3.05, 3.63) is 22.7 Å². The first-order valence-electron chi connectivity index (χ1n) is 6.33. The van der Waals surface area contributed by atoms with Gasteiger partial charge in [-0.15, -0.1) is 0 Å². The number of halogens is 1. The molecule has 6 heteroatoms. The van der Waals surface area contributed by atoms with Gasteiger partial charge in [0.05, 0.1) is 22.6 Å². The molecule has 0 saturated heterocycles. The fourth-order valence-corrected chi connectivity index (χ4v) is 1.87. The molecular formula is C14H18BrN3O2. The lowest BCUT2D eigenvalue weighted by Crippen LogP contribution is -2.32. The maximum absolute atomic E-state index is 11.6. The highest BCUT2D eigenvalue weighted by Gasteiger charge is 2.08. The van der Waals surface area contributed by atoms with Crippen LogP contribution in [-0.2, 0) is 0 Å². The van der Waals surface area contributed by atoms with Crippen LogP contribution >= 0.6 is 15.9 Å². The molecular weight excluding hydrogens is 322 g/mol. The third kappa shape index (κ3) is 5.49. The van der Waals surface area contributed by atoms with Crippen molar-refractivity contribution < 1.29 is 9.53 Å². The maximum atomic E-state index is 11.6. The molecule has 0 aliphatic carbocycles. The minimum Gasteiger partial charge on any atom is -0.490 e. The first-order valence-corrected chi connectivity index (χ1v) is 7.12. The molecule has 0 bridgehead atoms. The Kier molecular flexibility index (Phi) is 6.32. The van der Waals surface area contributed by atoms with Crippen LogP contribution < -0.4 is 15.4 Å². The maximum Gasteiger partial charge on any atom is 0.319 e. The van der Waals surface area contributed by atoms with Crippen LogP contribution in [0.3, 0.4) is 0 Å². The Labute approximate surface area is 127 Å². The van der Waals surface area contributed by atoms with Gasteiger partial charge >= 0.3 is 6.03 Å². The molecule has 0 aliphatic heterocycles. The Balaban J connectivity index is 2.59. The van der Waals surface area contributed by atoms with Crippen LogP contribution in [0.2, 0.25) is 0 Å². The Morgan fingerprint density at radius 1 is 1.45 bits per heavy atom. The van der Waals surface area contributed by atoms with E-state index in [1.807, 2.05) is 13.8 Å². The van der Waals surface area contributed by atoms with Gasteiger partial charge in [0, 0.05) is 12.2 Å². The van der Waals surface area contributed by atoms with E-state index in [4.69, 9.17) is 10.00 Å². The number of hydrogen-bond donors (Lipinski definition) is 2. The van der Waals surface area contributed by atoms with E-state index in [0.717, 1.165) is 10.2 Å². The second kappa shape index (κ2) is 7.75. The van der Waals surface area contributed by atoms with E-state index in [1.165, 1.54) is 0 Å². The highest BCUT2D eigenvalue weighted by atomic mass is 79.9. The van der Waals surface area contributed by atoms with Gasteiger partial charge in [0.15, 0.2) is 0 Å². The van der Waals surface area contributed by atoms with Crippen molar-refractivity contribution in [1.29, 1.82) is 5.26 Å². The van der Waals surface area contributed by atoms with Crippen LogP contribution in [0.25, 0.3) is 0 Å². The number of benzene rings is 1. The summed E-state index contributed by atoms with van der Waals surface area (Å²) in [6, 6.07) is 7.03. The number of rotatable bonds is 5. The summed E-state index contributed by atoms with van der Waals surface area (Å²) >= 11 is 3.40. The first-order chi connectivity index (χ1) is 9.42. The smallest absolute Gasteiger partial charge is 0.319 e. The lowest BCUT2D eigenvalue weighted by atomic mass is 10.2. The van der Waals surface area contributed by atoms with Crippen molar-refractivity contribution >= 4 is 27.6 Å². The van der Waals surface area contributed by atoms with Gasteiger partial charge in [-0.2, -0.15) is 5.26 Å². The zero-order valence-electron chi connectivity index (χ0n) is 11.7. The van der Waals surface area contributed by atoms with Crippen LogP contribution in [0, 0.1) is 17.2 Å². The molecule has 20 heavy (non-hydrogen) atoms. The summed E-state index contributed by atoms with van der Waals surface area (Å²) in [5.41, 5.74) is 0.648. The highest BCUT2D eigenvalue weighted by molar-refractivity contribution is 9.10. The van der Waals surface area contributed by atoms with Crippen LogP contribution in [0.4, 0.5) is 10.5 Å². The van der Waals surface area contributed by atoms with Gasteiger partial charge in [0.1, 0.15) is 5.75 Å². The number of carbonyl (C=O) groups is 1. The molecule has 1 atom stereocenters. The largest absolute Gasteiger partial charge is 0.490 e. The lowest BCUT2D eigenvalue weighted by molar-refractivity contribution is 0.241. The van der Waals surface area contributed by atoms with Crippen molar-refractivity contribution in [3.8, 4) is 11.8 Å². The van der Waals surface area contributed by atoms with E-state index in [0.29, 0.717) is 12.2 Å². The quantitative estimate of drug-likeness (QED) is 0.861. The number of nitriles is 1. The number of hydrogen-bond acceptors (Lipinski definition) is 3. The Hall–Kier alpha value is -1.74. The standard InChI is InChI=1S/C14H18BrN3O2/c1-9(2)20-13-5-4-11(6-12(13)15)18-14(19)17-8-10(3)7-16/h4-6,9-10H,8H2,1-3H3,(H2,17,18,19)/t10-/m1/s1. The number of nitrogens with one attached hydrogen (secondary N) is 2. The van der Waals surface area contributed by atoms with E-state index >= 15 is 0 Å². The van der Waals surface area contributed by atoms with Crippen molar-refractivity contribution in [2.45, 2.75) is 26.9 Å². The molecule has 0 saturated carbocycles. The molecule has 0 aromatic heterocycles. The molecule has 0 aliphatic rings. The average molecular weight is 340 g/mol. The Morgan fingerprint density at radius 3 is 2.70 bits per heavy atom. The van der Waals surface area contributed by atoms with Crippen LogP contribution in [0.1, 0.15) is 20.8 Å². The SMILES string of the molecule is CC(C)Oc1ccc(NC(=O)NC[C@H](C)C#N)cc1Br. The van der Waals surface area contributed by atoms with Crippen molar-refractivity contribution in [2.75, 3.05) is 11.9 Å². The predicted molar refractivity (Wildman–Crippen MR) is 81.7 cm³/mol. The normalized spacial score (nSPS) is 11.6. The topological polar surface area (TPSA) is 74.2 Å². The zero-order chi connectivity index (χ0) is 15.1. The molecule has 1 aromatic carbocycles. The summed E-state index contributed by atoms with van der Waals surface area (Å²) < 4.78 is 6.36. The Bertz CT molecular complexity index is 512. The van der Waals surface area contributed by atoms with Gasteiger partial charge in [0.2, 0.25) is 0 Å². The summed E-state index contributed by atoms with van der Waals surface area (Å²) in [5, 5.41) is 14.0. The van der Waals surface area contributed by atoms with Crippen LogP contribution in [-0.4, -0.2) is 18.7 Å². The molecule has 0 unspecified atom stereocenters. The van der Waals surface area contributed by atoms with Crippen LogP contribution in [0.15, 0.2) is 22.7 Å². The third-order valence-electron chi connectivity index (χ3n) is 2.34. The van der Waals surface area contributed by atoms with Crippen molar-refractivity contribution in [2.24, 2.45) is 5.92 Å². The third-order valence-corrected chi connectivity index (χ3v) is 2.96. The van der Waals surface area contributed by atoms with Gasteiger partial charge in [-0.25, -0.2) is 4.79 Å². The fraction of sp³-hybridized carbons (Fsp3) is 0.429. The molecule has 2 N–H and O–H groups in total. The molecule has 1 rings (SSSR count). The molecule has 2 amide bonds. The molecule has 5 nitrogen and oxygen atoms in total. The zero-order valence-corrected chi connectivity index (χ0v) is 13.3. The molecule has 0 heterocycles. The number of urea groups is 1. The molecule has 0 fully saturated rings. The van der Waals surface area contributed by atoms with E-state index in [2.05, 4.69) is 32.6 Å². The van der Waals surface area contributed by atoms with Gasteiger partial charge in [-0.3, -0.25) is 0 Å². The van der Waals surface area contributed by atoms with Gasteiger partial charge in [-0.1, -0.05) is 0 Å². The minimum atomic E-state index is -0.337. The summed E-state index contributed by atoms with van der Waals surface area (Å²) in [7, 11) is 0. The summed E-state index contributed by atoms with van der Waals surface area (Å²) in [6.07, 6.45) is 0.0841. The number of carbonyl (C=O) groups excluding carboxylic acids is 1. The van der Waals surface area contributed by atoms with E-state index in [1.54, 1.807) is 25.1 Å². The molecule has 0 radical (unpaired) electrons. The first kappa shape index (κ1) is 16.3. The fourth-order valence-electron chi connectivity index (χ4n) is 1.39. The summed E-state index contributed by atoms with van der Waals surface area (Å²) in [4.78, 5) is 11.6. The molecule has 108 valence electrons. The summed E-state index contributed by atoms with van der Waals surface area (Å²) in [5.74, 6) is 0.512. The van der Waals surface area contributed by atoms with Gasteiger partial charge in [-0.05, 0) is 54.9 Å². The second-order valence-corrected chi connectivity index (χ2v) is 5.53.